The lowest BCUT2D eigenvalue weighted by molar-refractivity contribution is -0.122. The van der Waals surface area contributed by atoms with Gasteiger partial charge in [-0.25, -0.2) is 0 Å². The van der Waals surface area contributed by atoms with Gasteiger partial charge in [-0.2, -0.15) is 0 Å². The highest BCUT2D eigenvalue weighted by Gasteiger charge is 2.09. The first kappa shape index (κ1) is 15.3. The van der Waals surface area contributed by atoms with Gasteiger partial charge in [0.15, 0.2) is 0 Å². The molecule has 0 heterocycles. The fourth-order valence-electron chi connectivity index (χ4n) is 1.41. The molecule has 0 aliphatic carbocycles. The molecular weight excluding hydrogens is 222 g/mol. The fraction of sp³-hybridized carbons (Fsp3) is 0.818. The number of nitrogens with one attached hydrogen (secondary N) is 1. The Labute approximate surface area is 104 Å². The molecule has 5 heteroatoms. The number of rotatable bonds is 9. The molecule has 0 aliphatic rings. The van der Waals surface area contributed by atoms with Crippen LogP contribution in [0.15, 0.2) is 0 Å². The minimum atomic E-state index is 0.0538. The van der Waals surface area contributed by atoms with Crippen LogP contribution >= 0.6 is 12.2 Å². The Morgan fingerprint density at radius 3 is 2.50 bits per heavy atom. The van der Waals surface area contributed by atoms with E-state index in [4.69, 9.17) is 18.0 Å². The SMILES string of the molecule is CCCCNC(=O)CN(CCC)CC(N)=S. The van der Waals surface area contributed by atoms with Crippen molar-refractivity contribution in [3.05, 3.63) is 0 Å². The summed E-state index contributed by atoms with van der Waals surface area (Å²) in [6.45, 7) is 6.67. The third-order valence-corrected chi connectivity index (χ3v) is 2.27. The molecule has 0 bridgehead atoms. The van der Waals surface area contributed by atoms with Gasteiger partial charge >= 0.3 is 0 Å². The number of hydrogen-bond acceptors (Lipinski definition) is 3. The zero-order valence-corrected chi connectivity index (χ0v) is 11.1. The van der Waals surface area contributed by atoms with Gasteiger partial charge in [0.05, 0.1) is 11.5 Å². The molecule has 0 aromatic heterocycles. The highest BCUT2D eigenvalue weighted by molar-refractivity contribution is 7.80. The predicted molar refractivity (Wildman–Crippen MR) is 71.4 cm³/mol. The average molecular weight is 245 g/mol. The van der Waals surface area contributed by atoms with Gasteiger partial charge in [0.25, 0.3) is 0 Å². The summed E-state index contributed by atoms with van der Waals surface area (Å²) in [6.07, 6.45) is 3.10. The van der Waals surface area contributed by atoms with E-state index in [0.29, 0.717) is 18.1 Å². The highest BCUT2D eigenvalue weighted by Crippen LogP contribution is 1.92. The topological polar surface area (TPSA) is 58.4 Å². The molecule has 16 heavy (non-hydrogen) atoms. The molecular formula is C11H23N3OS. The van der Waals surface area contributed by atoms with Crippen LogP contribution in [0.3, 0.4) is 0 Å². The first-order valence-electron chi connectivity index (χ1n) is 5.87. The Hall–Kier alpha value is -0.680. The lowest BCUT2D eigenvalue weighted by Gasteiger charge is -2.20. The molecule has 0 aliphatic heterocycles. The van der Waals surface area contributed by atoms with Crippen LogP contribution in [0.2, 0.25) is 0 Å². The van der Waals surface area contributed by atoms with Crippen molar-refractivity contribution in [1.29, 1.82) is 0 Å². The van der Waals surface area contributed by atoms with Gasteiger partial charge in [-0.15, -0.1) is 0 Å². The van der Waals surface area contributed by atoms with Crippen molar-refractivity contribution < 1.29 is 4.79 Å². The minimum absolute atomic E-state index is 0.0538. The second kappa shape index (κ2) is 9.54. The second-order valence-electron chi connectivity index (χ2n) is 3.88. The number of unbranched alkanes of at least 4 members (excludes halogenated alkanes) is 1. The van der Waals surface area contributed by atoms with Gasteiger partial charge in [-0.05, 0) is 19.4 Å². The van der Waals surface area contributed by atoms with E-state index >= 15 is 0 Å². The molecule has 0 unspecified atom stereocenters. The van der Waals surface area contributed by atoms with Crippen molar-refractivity contribution in [3.63, 3.8) is 0 Å². The van der Waals surface area contributed by atoms with Crippen LogP contribution < -0.4 is 11.1 Å². The third kappa shape index (κ3) is 8.61. The van der Waals surface area contributed by atoms with E-state index in [1.165, 1.54) is 0 Å². The zero-order chi connectivity index (χ0) is 12.4. The standard InChI is InChI=1S/C11H23N3OS/c1-3-5-6-13-11(15)9-14(7-4-2)8-10(12)16/h3-9H2,1-2H3,(H2,12,16)(H,13,15). The number of nitrogens with zero attached hydrogens (tertiary/aromatic N) is 1. The van der Waals surface area contributed by atoms with Crippen LogP contribution in [-0.4, -0.2) is 42.0 Å². The molecule has 94 valence electrons. The van der Waals surface area contributed by atoms with E-state index < -0.39 is 0 Å². The van der Waals surface area contributed by atoms with E-state index in [1.807, 2.05) is 4.90 Å². The van der Waals surface area contributed by atoms with Crippen molar-refractivity contribution in [2.24, 2.45) is 5.73 Å². The zero-order valence-electron chi connectivity index (χ0n) is 10.3. The van der Waals surface area contributed by atoms with E-state index in [2.05, 4.69) is 19.2 Å². The van der Waals surface area contributed by atoms with E-state index in [1.54, 1.807) is 0 Å². The van der Waals surface area contributed by atoms with Gasteiger partial charge in [-0.3, -0.25) is 9.69 Å². The van der Waals surface area contributed by atoms with Crippen LogP contribution in [0.5, 0.6) is 0 Å². The summed E-state index contributed by atoms with van der Waals surface area (Å²) in [4.78, 5) is 14.0. The van der Waals surface area contributed by atoms with Crippen LogP contribution in [0, 0.1) is 0 Å². The summed E-state index contributed by atoms with van der Waals surface area (Å²) in [7, 11) is 0. The number of amides is 1. The summed E-state index contributed by atoms with van der Waals surface area (Å²) in [5.41, 5.74) is 5.48. The number of thiocarbonyl (C=S) groups is 1. The molecule has 0 atom stereocenters. The van der Waals surface area contributed by atoms with Crippen molar-refractivity contribution in [1.82, 2.24) is 10.2 Å². The number of hydrogen-bond donors (Lipinski definition) is 2. The Morgan fingerprint density at radius 2 is 2.00 bits per heavy atom. The molecule has 3 N–H and O–H groups in total. The molecule has 0 rings (SSSR count). The first-order valence-corrected chi connectivity index (χ1v) is 6.28. The number of carbonyl (C=O) groups excluding carboxylic acids is 1. The monoisotopic (exact) mass is 245 g/mol. The number of nitrogens with two attached hydrogens (primary N) is 1. The summed E-state index contributed by atoms with van der Waals surface area (Å²) in [5, 5.41) is 2.88. The fourth-order valence-corrected chi connectivity index (χ4v) is 1.60. The normalized spacial score (nSPS) is 10.4. The molecule has 0 saturated heterocycles. The molecule has 0 aromatic carbocycles. The van der Waals surface area contributed by atoms with Crippen LogP contribution in [-0.2, 0) is 4.79 Å². The van der Waals surface area contributed by atoms with Gasteiger partial charge in [0, 0.05) is 13.1 Å². The lowest BCUT2D eigenvalue weighted by atomic mass is 10.3. The lowest BCUT2D eigenvalue weighted by Crippen LogP contribution is -2.41. The quantitative estimate of drug-likeness (QED) is 0.468. The van der Waals surface area contributed by atoms with Crippen LogP contribution in [0.1, 0.15) is 33.1 Å². The van der Waals surface area contributed by atoms with Gasteiger partial charge in [0.1, 0.15) is 0 Å². The maximum Gasteiger partial charge on any atom is 0.234 e. The summed E-state index contributed by atoms with van der Waals surface area (Å²) in [5.74, 6) is 0.0538. The molecule has 0 fully saturated rings. The average Bonchev–Trinajstić information content (AvgIpc) is 2.17. The van der Waals surface area contributed by atoms with Crippen molar-refractivity contribution >= 4 is 23.1 Å². The van der Waals surface area contributed by atoms with Crippen LogP contribution in [0.4, 0.5) is 0 Å². The molecule has 0 spiro atoms. The predicted octanol–water partition coefficient (Wildman–Crippen LogP) is 0.901. The van der Waals surface area contributed by atoms with E-state index in [-0.39, 0.29) is 5.91 Å². The molecule has 1 amide bonds. The largest absolute Gasteiger partial charge is 0.392 e. The molecule has 0 aromatic rings. The van der Waals surface area contributed by atoms with Crippen LogP contribution in [0.25, 0.3) is 0 Å². The van der Waals surface area contributed by atoms with E-state index in [9.17, 15) is 4.79 Å². The summed E-state index contributed by atoms with van der Waals surface area (Å²) >= 11 is 4.85. The molecule has 0 saturated carbocycles. The van der Waals surface area contributed by atoms with Crippen molar-refractivity contribution in [3.8, 4) is 0 Å². The van der Waals surface area contributed by atoms with Crippen molar-refractivity contribution in [2.75, 3.05) is 26.2 Å². The third-order valence-electron chi connectivity index (χ3n) is 2.14. The van der Waals surface area contributed by atoms with Crippen molar-refractivity contribution in [2.45, 2.75) is 33.1 Å². The van der Waals surface area contributed by atoms with Gasteiger partial charge in [0.2, 0.25) is 5.91 Å². The van der Waals surface area contributed by atoms with Gasteiger partial charge in [-0.1, -0.05) is 32.5 Å². The second-order valence-corrected chi connectivity index (χ2v) is 4.40. The summed E-state index contributed by atoms with van der Waals surface area (Å²) in [6, 6.07) is 0. The smallest absolute Gasteiger partial charge is 0.234 e. The van der Waals surface area contributed by atoms with Gasteiger partial charge < -0.3 is 11.1 Å². The Morgan fingerprint density at radius 1 is 1.31 bits per heavy atom. The maximum atomic E-state index is 11.5. The molecule has 4 nitrogen and oxygen atoms in total. The first-order chi connectivity index (χ1) is 7.60. The highest BCUT2D eigenvalue weighted by atomic mass is 32.1. The molecule has 0 radical (unpaired) electrons. The van der Waals surface area contributed by atoms with E-state index in [0.717, 1.165) is 32.4 Å². The Kier molecular flexibility index (Phi) is 9.13. The maximum absolute atomic E-state index is 11.5. The Balaban J connectivity index is 3.87. The summed E-state index contributed by atoms with van der Waals surface area (Å²) < 4.78 is 0. The Bertz CT molecular complexity index is 221. The minimum Gasteiger partial charge on any atom is -0.392 e. The number of carbonyl (C=O) groups is 1.